The number of nitrogens with zero attached hydrogens (tertiary/aromatic N) is 2. The molecule has 1 aliphatic rings. The van der Waals surface area contributed by atoms with Crippen LogP contribution >= 0.6 is 0 Å². The summed E-state index contributed by atoms with van der Waals surface area (Å²) in [4.78, 5) is 7.03. The third kappa shape index (κ3) is 4.30. The zero-order valence-electron chi connectivity index (χ0n) is 11.5. The van der Waals surface area contributed by atoms with Crippen LogP contribution in [0.3, 0.4) is 0 Å². The molecule has 0 aliphatic carbocycles. The van der Waals surface area contributed by atoms with Gasteiger partial charge in [0.05, 0.1) is 5.69 Å². The molecule has 2 heterocycles. The molecule has 0 unspecified atom stereocenters. The van der Waals surface area contributed by atoms with Gasteiger partial charge < -0.3 is 5.32 Å². The van der Waals surface area contributed by atoms with Crippen molar-refractivity contribution >= 4 is 5.69 Å². The molecule has 0 atom stereocenters. The highest BCUT2D eigenvalue weighted by Gasteiger charge is 2.10. The molecule has 1 aromatic rings. The van der Waals surface area contributed by atoms with Crippen molar-refractivity contribution in [2.45, 2.75) is 45.6 Å². The fraction of sp³-hybridized carbons (Fsp3) is 0.667. The van der Waals surface area contributed by atoms with Crippen molar-refractivity contribution in [1.29, 1.82) is 0 Å². The van der Waals surface area contributed by atoms with Gasteiger partial charge >= 0.3 is 0 Å². The minimum absolute atomic E-state index is 1.00. The lowest BCUT2D eigenvalue weighted by Gasteiger charge is -2.19. The van der Waals surface area contributed by atoms with Gasteiger partial charge in [0.2, 0.25) is 0 Å². The van der Waals surface area contributed by atoms with Crippen molar-refractivity contribution in [2.75, 3.05) is 25.0 Å². The highest BCUT2D eigenvalue weighted by molar-refractivity contribution is 5.43. The maximum absolute atomic E-state index is 4.49. The second-order valence-corrected chi connectivity index (χ2v) is 5.15. The van der Waals surface area contributed by atoms with E-state index in [1.165, 1.54) is 50.2 Å². The van der Waals surface area contributed by atoms with Crippen LogP contribution < -0.4 is 5.32 Å². The molecule has 2 rings (SSSR count). The number of anilines is 1. The first-order valence-electron chi connectivity index (χ1n) is 7.29. The molecule has 0 saturated carbocycles. The average molecular weight is 247 g/mol. The summed E-state index contributed by atoms with van der Waals surface area (Å²) in [6.45, 7) is 6.68. The molecule has 3 heteroatoms. The second-order valence-electron chi connectivity index (χ2n) is 5.15. The van der Waals surface area contributed by atoms with Crippen LogP contribution in [0.2, 0.25) is 0 Å². The zero-order valence-corrected chi connectivity index (χ0v) is 11.5. The first kappa shape index (κ1) is 13.3. The molecule has 1 fully saturated rings. The van der Waals surface area contributed by atoms with Gasteiger partial charge in [-0.2, -0.15) is 0 Å². The van der Waals surface area contributed by atoms with Crippen LogP contribution in [0.15, 0.2) is 18.3 Å². The van der Waals surface area contributed by atoms with E-state index in [0.717, 1.165) is 19.5 Å². The monoisotopic (exact) mass is 247 g/mol. The van der Waals surface area contributed by atoms with Crippen LogP contribution in [0.25, 0.3) is 0 Å². The van der Waals surface area contributed by atoms with Crippen molar-refractivity contribution in [1.82, 2.24) is 9.88 Å². The molecule has 100 valence electrons. The van der Waals surface area contributed by atoms with E-state index in [0.29, 0.717) is 0 Å². The Hall–Kier alpha value is -1.09. The fourth-order valence-corrected chi connectivity index (χ4v) is 2.47. The molecule has 18 heavy (non-hydrogen) atoms. The van der Waals surface area contributed by atoms with E-state index >= 15 is 0 Å². The summed E-state index contributed by atoms with van der Waals surface area (Å²) in [5.74, 6) is 0. The Morgan fingerprint density at radius 3 is 2.72 bits per heavy atom. The molecule has 3 nitrogen and oxygen atoms in total. The number of hydrogen-bond donors (Lipinski definition) is 1. The molecule has 0 bridgehead atoms. The van der Waals surface area contributed by atoms with Gasteiger partial charge in [-0.25, -0.2) is 0 Å². The summed E-state index contributed by atoms with van der Waals surface area (Å²) in [7, 11) is 0. The van der Waals surface area contributed by atoms with Crippen LogP contribution in [0.1, 0.15) is 44.7 Å². The Labute approximate surface area is 111 Å². The van der Waals surface area contributed by atoms with E-state index in [4.69, 9.17) is 0 Å². The molecule has 1 saturated heterocycles. The summed E-state index contributed by atoms with van der Waals surface area (Å²) in [5.41, 5.74) is 2.40. The molecular formula is C15H25N3. The Morgan fingerprint density at radius 1 is 1.22 bits per heavy atom. The molecule has 1 aliphatic heterocycles. The highest BCUT2D eigenvalue weighted by Crippen LogP contribution is 2.14. The first-order valence-corrected chi connectivity index (χ1v) is 7.29. The maximum Gasteiger partial charge on any atom is 0.0564 e. The summed E-state index contributed by atoms with van der Waals surface area (Å²) in [6.07, 6.45) is 8.54. The van der Waals surface area contributed by atoms with Gasteiger partial charge in [0.15, 0.2) is 0 Å². The summed E-state index contributed by atoms with van der Waals surface area (Å²) in [5, 5.41) is 3.43. The van der Waals surface area contributed by atoms with Crippen molar-refractivity contribution in [3.05, 3.63) is 24.0 Å². The average Bonchev–Trinajstić information content (AvgIpc) is 2.65. The third-order valence-electron chi connectivity index (χ3n) is 3.48. The Balaban J connectivity index is 1.91. The normalized spacial score (nSPS) is 17.4. The first-order chi connectivity index (χ1) is 8.88. The van der Waals surface area contributed by atoms with E-state index in [1.54, 1.807) is 0 Å². The Kier molecular flexibility index (Phi) is 5.46. The smallest absolute Gasteiger partial charge is 0.0564 e. The number of likely N-dealkylation sites (tertiary alicyclic amines) is 1. The van der Waals surface area contributed by atoms with Crippen LogP contribution in [-0.4, -0.2) is 29.5 Å². The molecule has 0 amide bonds. The molecule has 0 spiro atoms. The van der Waals surface area contributed by atoms with Gasteiger partial charge in [0.25, 0.3) is 0 Å². The second kappa shape index (κ2) is 7.37. The van der Waals surface area contributed by atoms with E-state index in [1.807, 2.05) is 6.20 Å². The highest BCUT2D eigenvalue weighted by atomic mass is 15.1. The standard InChI is InChI=1S/C15H25N3/c1-2-8-16-14-7-9-17-15(12-14)13-18-10-5-3-4-6-11-18/h7,9,12H,2-6,8,10-11,13H2,1H3,(H,16,17). The lowest BCUT2D eigenvalue weighted by Crippen LogP contribution is -2.24. The largest absolute Gasteiger partial charge is 0.385 e. The van der Waals surface area contributed by atoms with Gasteiger partial charge in [-0.15, -0.1) is 0 Å². The van der Waals surface area contributed by atoms with Crippen LogP contribution in [0.4, 0.5) is 5.69 Å². The SMILES string of the molecule is CCCNc1ccnc(CN2CCCCCC2)c1. The van der Waals surface area contributed by atoms with Gasteiger partial charge in [-0.1, -0.05) is 19.8 Å². The maximum atomic E-state index is 4.49. The van der Waals surface area contributed by atoms with Crippen molar-refractivity contribution in [3.8, 4) is 0 Å². The lowest BCUT2D eigenvalue weighted by molar-refractivity contribution is 0.274. The van der Waals surface area contributed by atoms with Crippen molar-refractivity contribution in [2.24, 2.45) is 0 Å². The van der Waals surface area contributed by atoms with Crippen molar-refractivity contribution in [3.63, 3.8) is 0 Å². The zero-order chi connectivity index (χ0) is 12.6. The molecule has 1 N–H and O–H groups in total. The van der Waals surface area contributed by atoms with Crippen molar-refractivity contribution < 1.29 is 0 Å². The van der Waals surface area contributed by atoms with E-state index in [2.05, 4.69) is 34.3 Å². The number of aromatic nitrogens is 1. The molecule has 1 aromatic heterocycles. The number of rotatable bonds is 5. The van der Waals surface area contributed by atoms with Crippen LogP contribution in [0.5, 0.6) is 0 Å². The van der Waals surface area contributed by atoms with E-state index in [9.17, 15) is 0 Å². The summed E-state index contributed by atoms with van der Waals surface area (Å²) < 4.78 is 0. The minimum atomic E-state index is 1.00. The van der Waals surface area contributed by atoms with Crippen LogP contribution in [0, 0.1) is 0 Å². The number of nitrogens with one attached hydrogen (secondary N) is 1. The number of pyridine rings is 1. The molecule has 0 aromatic carbocycles. The van der Waals surface area contributed by atoms with E-state index < -0.39 is 0 Å². The fourth-order valence-electron chi connectivity index (χ4n) is 2.47. The Bertz CT molecular complexity index is 343. The topological polar surface area (TPSA) is 28.2 Å². The van der Waals surface area contributed by atoms with Gasteiger partial charge in [0.1, 0.15) is 0 Å². The van der Waals surface area contributed by atoms with E-state index in [-0.39, 0.29) is 0 Å². The predicted molar refractivity (Wildman–Crippen MR) is 76.8 cm³/mol. The Morgan fingerprint density at radius 2 is 2.00 bits per heavy atom. The van der Waals surface area contributed by atoms with Gasteiger partial charge in [-0.05, 0) is 44.5 Å². The predicted octanol–water partition coefficient (Wildman–Crippen LogP) is 3.28. The van der Waals surface area contributed by atoms with Crippen LogP contribution in [-0.2, 0) is 6.54 Å². The summed E-state index contributed by atoms with van der Waals surface area (Å²) in [6, 6.07) is 4.25. The van der Waals surface area contributed by atoms with Gasteiger partial charge in [0, 0.05) is 25.0 Å². The summed E-state index contributed by atoms with van der Waals surface area (Å²) >= 11 is 0. The lowest BCUT2D eigenvalue weighted by atomic mass is 10.2. The third-order valence-corrected chi connectivity index (χ3v) is 3.48. The minimum Gasteiger partial charge on any atom is -0.385 e. The molecular weight excluding hydrogens is 222 g/mol. The number of hydrogen-bond acceptors (Lipinski definition) is 3. The quantitative estimate of drug-likeness (QED) is 0.865. The van der Waals surface area contributed by atoms with Gasteiger partial charge in [-0.3, -0.25) is 9.88 Å². The molecule has 0 radical (unpaired) electrons.